The summed E-state index contributed by atoms with van der Waals surface area (Å²) in [6.45, 7) is 1.28. The highest BCUT2D eigenvalue weighted by Crippen LogP contribution is 2.18. The maximum absolute atomic E-state index is 13.2. The van der Waals surface area contributed by atoms with Crippen molar-refractivity contribution in [2.24, 2.45) is 5.73 Å². The van der Waals surface area contributed by atoms with E-state index in [1.807, 2.05) is 0 Å². The van der Waals surface area contributed by atoms with E-state index >= 15 is 0 Å². The van der Waals surface area contributed by atoms with Crippen molar-refractivity contribution in [2.45, 2.75) is 19.4 Å². The third-order valence-corrected chi connectivity index (χ3v) is 1.98. The zero-order valence-electron chi connectivity index (χ0n) is 7.56. The minimum Gasteiger partial charge on any atom is -0.324 e. The molecule has 0 fully saturated rings. The molecule has 1 rings (SSSR count). The second-order valence-electron chi connectivity index (χ2n) is 3.11. The van der Waals surface area contributed by atoms with E-state index in [-0.39, 0.29) is 12.2 Å². The van der Waals surface area contributed by atoms with E-state index in [4.69, 9.17) is 5.73 Å². The lowest BCUT2D eigenvalue weighted by atomic mass is 10.0. The molecule has 2 N–H and O–H groups in total. The minimum atomic E-state index is -0.536. The zero-order chi connectivity index (χ0) is 9.84. The summed E-state index contributed by atoms with van der Waals surface area (Å²) in [5.74, 6) is -0.346. The zero-order valence-corrected chi connectivity index (χ0v) is 7.56. The Kier molecular flexibility index (Phi) is 3.37. The Morgan fingerprint density at radius 2 is 2.15 bits per heavy atom. The number of hydrogen-bond donors (Lipinski definition) is 1. The Morgan fingerprint density at radius 3 is 2.69 bits per heavy atom. The van der Waals surface area contributed by atoms with Crippen LogP contribution in [0, 0.1) is 12.7 Å². The van der Waals surface area contributed by atoms with Gasteiger partial charge in [0.1, 0.15) is 5.82 Å². The number of aryl methyl sites for hydroxylation is 1. The van der Waals surface area contributed by atoms with Gasteiger partial charge in [0.2, 0.25) is 0 Å². The molecule has 1 aromatic rings. The average molecular weight is 185 g/mol. The summed E-state index contributed by atoms with van der Waals surface area (Å²) in [7, 11) is 0. The molecule has 0 aliphatic carbocycles. The molecule has 0 spiro atoms. The number of halogens is 2. The predicted octanol–water partition coefficient (Wildman–Crippen LogP) is 2.49. The standard InChI is InChI=1S/C10H13F2N/c1-7-2-3-8(9(12)6-7)10(13)4-5-11/h2-3,6,10H,4-5,13H2,1H3/t10-/m0/s1. The van der Waals surface area contributed by atoms with Gasteiger partial charge < -0.3 is 5.73 Å². The average Bonchev–Trinajstić information content (AvgIpc) is 2.04. The van der Waals surface area contributed by atoms with E-state index in [0.29, 0.717) is 5.56 Å². The Bertz CT molecular complexity index is 286. The molecule has 1 nitrogen and oxygen atoms in total. The van der Waals surface area contributed by atoms with Gasteiger partial charge in [-0.2, -0.15) is 0 Å². The van der Waals surface area contributed by atoms with Crippen molar-refractivity contribution in [1.82, 2.24) is 0 Å². The Labute approximate surface area is 76.6 Å². The molecule has 0 unspecified atom stereocenters. The molecule has 1 atom stereocenters. The fourth-order valence-electron chi connectivity index (χ4n) is 1.21. The van der Waals surface area contributed by atoms with Crippen molar-refractivity contribution in [3.8, 4) is 0 Å². The number of rotatable bonds is 3. The van der Waals surface area contributed by atoms with Gasteiger partial charge >= 0.3 is 0 Å². The predicted molar refractivity (Wildman–Crippen MR) is 48.7 cm³/mol. The van der Waals surface area contributed by atoms with Gasteiger partial charge in [-0.25, -0.2) is 4.39 Å². The van der Waals surface area contributed by atoms with Crippen molar-refractivity contribution in [1.29, 1.82) is 0 Å². The van der Waals surface area contributed by atoms with Gasteiger partial charge in [-0.15, -0.1) is 0 Å². The smallest absolute Gasteiger partial charge is 0.128 e. The van der Waals surface area contributed by atoms with Crippen LogP contribution < -0.4 is 5.73 Å². The van der Waals surface area contributed by atoms with Crippen LogP contribution >= 0.6 is 0 Å². The van der Waals surface area contributed by atoms with Crippen LogP contribution in [0.2, 0.25) is 0 Å². The van der Waals surface area contributed by atoms with Crippen LogP contribution in [0.15, 0.2) is 18.2 Å². The summed E-state index contributed by atoms with van der Waals surface area (Å²) >= 11 is 0. The van der Waals surface area contributed by atoms with E-state index in [1.54, 1.807) is 19.1 Å². The van der Waals surface area contributed by atoms with Gasteiger partial charge in [-0.3, -0.25) is 4.39 Å². The van der Waals surface area contributed by atoms with Crippen LogP contribution in [-0.2, 0) is 0 Å². The molecule has 0 aromatic heterocycles. The SMILES string of the molecule is Cc1ccc([C@@H](N)CCF)c(F)c1. The molecule has 13 heavy (non-hydrogen) atoms. The molecule has 0 bridgehead atoms. The van der Waals surface area contributed by atoms with Crippen molar-refractivity contribution in [3.05, 3.63) is 35.1 Å². The molecule has 0 saturated heterocycles. The number of benzene rings is 1. The molecular formula is C10H13F2N. The first kappa shape index (κ1) is 10.1. The van der Waals surface area contributed by atoms with Crippen molar-refractivity contribution >= 4 is 0 Å². The lowest BCUT2D eigenvalue weighted by Crippen LogP contribution is -2.12. The summed E-state index contributed by atoms with van der Waals surface area (Å²) in [5.41, 5.74) is 6.81. The summed E-state index contributed by atoms with van der Waals surface area (Å²) in [5, 5.41) is 0. The van der Waals surface area contributed by atoms with E-state index in [2.05, 4.69) is 0 Å². The van der Waals surface area contributed by atoms with Crippen LogP contribution in [0.1, 0.15) is 23.6 Å². The van der Waals surface area contributed by atoms with Crippen LogP contribution in [0.3, 0.4) is 0 Å². The van der Waals surface area contributed by atoms with Crippen LogP contribution in [0.25, 0.3) is 0 Å². The second kappa shape index (κ2) is 4.33. The molecule has 1 aromatic carbocycles. The topological polar surface area (TPSA) is 26.0 Å². The fraction of sp³-hybridized carbons (Fsp3) is 0.400. The maximum atomic E-state index is 13.2. The Hall–Kier alpha value is -0.960. The van der Waals surface area contributed by atoms with E-state index in [9.17, 15) is 8.78 Å². The van der Waals surface area contributed by atoms with Crippen molar-refractivity contribution in [2.75, 3.05) is 6.67 Å². The van der Waals surface area contributed by atoms with E-state index in [1.165, 1.54) is 6.07 Å². The van der Waals surface area contributed by atoms with Crippen LogP contribution in [0.5, 0.6) is 0 Å². The lowest BCUT2D eigenvalue weighted by molar-refractivity contribution is 0.435. The van der Waals surface area contributed by atoms with Gasteiger partial charge in [0, 0.05) is 11.6 Å². The van der Waals surface area contributed by atoms with E-state index < -0.39 is 12.7 Å². The first-order valence-electron chi connectivity index (χ1n) is 4.22. The summed E-state index contributed by atoms with van der Waals surface area (Å²) in [4.78, 5) is 0. The quantitative estimate of drug-likeness (QED) is 0.769. The monoisotopic (exact) mass is 185 g/mol. The number of hydrogen-bond acceptors (Lipinski definition) is 1. The highest BCUT2D eigenvalue weighted by Gasteiger charge is 2.10. The molecule has 3 heteroatoms. The molecule has 0 radical (unpaired) electrons. The highest BCUT2D eigenvalue weighted by atomic mass is 19.1. The van der Waals surface area contributed by atoms with Crippen molar-refractivity contribution < 1.29 is 8.78 Å². The molecule has 0 amide bonds. The first-order valence-corrected chi connectivity index (χ1v) is 4.22. The second-order valence-corrected chi connectivity index (χ2v) is 3.11. The van der Waals surface area contributed by atoms with Crippen molar-refractivity contribution in [3.63, 3.8) is 0 Å². The molecule has 72 valence electrons. The third-order valence-electron chi connectivity index (χ3n) is 1.98. The normalized spacial score (nSPS) is 12.9. The maximum Gasteiger partial charge on any atom is 0.128 e. The van der Waals surface area contributed by atoms with Crippen LogP contribution in [-0.4, -0.2) is 6.67 Å². The lowest BCUT2D eigenvalue weighted by Gasteiger charge is -2.10. The van der Waals surface area contributed by atoms with Gasteiger partial charge in [0.05, 0.1) is 6.67 Å². The summed E-state index contributed by atoms with van der Waals surface area (Å²) < 4.78 is 25.2. The van der Waals surface area contributed by atoms with Gasteiger partial charge in [0.25, 0.3) is 0 Å². The fourth-order valence-corrected chi connectivity index (χ4v) is 1.21. The summed E-state index contributed by atoms with van der Waals surface area (Å²) in [6.07, 6.45) is 0.167. The van der Waals surface area contributed by atoms with Gasteiger partial charge in [-0.05, 0) is 25.0 Å². The van der Waals surface area contributed by atoms with Crippen LogP contribution in [0.4, 0.5) is 8.78 Å². The molecule has 0 heterocycles. The van der Waals surface area contributed by atoms with E-state index in [0.717, 1.165) is 5.56 Å². The number of alkyl halides is 1. The van der Waals surface area contributed by atoms with Gasteiger partial charge in [-0.1, -0.05) is 12.1 Å². The summed E-state index contributed by atoms with van der Waals surface area (Å²) in [6, 6.07) is 4.26. The minimum absolute atomic E-state index is 0.167. The first-order chi connectivity index (χ1) is 6.15. The molecule has 0 saturated carbocycles. The molecular weight excluding hydrogens is 172 g/mol. The molecule has 0 aliphatic rings. The van der Waals surface area contributed by atoms with Gasteiger partial charge in [0.15, 0.2) is 0 Å². The molecule has 0 aliphatic heterocycles. The Morgan fingerprint density at radius 1 is 1.46 bits per heavy atom. The number of nitrogens with two attached hydrogens (primary N) is 1. The largest absolute Gasteiger partial charge is 0.324 e. The highest BCUT2D eigenvalue weighted by molar-refractivity contribution is 5.25. The third kappa shape index (κ3) is 2.49. The Balaban J connectivity index is 2.88.